The molecule has 2 aromatic carbocycles. The zero-order valence-corrected chi connectivity index (χ0v) is 23.2. The van der Waals surface area contributed by atoms with E-state index in [0.29, 0.717) is 49.0 Å². The fraction of sp³-hybridized carbons (Fsp3) is 0.172. The number of benzene rings is 2. The molecule has 3 N–H and O–H groups in total. The fourth-order valence-electron chi connectivity index (χ4n) is 3.96. The van der Waals surface area contributed by atoms with Gasteiger partial charge in [-0.2, -0.15) is 0 Å². The quantitative estimate of drug-likeness (QED) is 0.147. The van der Waals surface area contributed by atoms with E-state index < -0.39 is 12.3 Å². The number of hydrogen-bond donors (Lipinski definition) is 2. The van der Waals surface area contributed by atoms with Gasteiger partial charge >= 0.3 is 6.36 Å². The van der Waals surface area contributed by atoms with Gasteiger partial charge in [0.1, 0.15) is 18.0 Å². The second-order valence-electron chi connectivity index (χ2n) is 8.83. The SMILES string of the molecule is CC(=NCC(=O)c1ccc(C(=O)CCc2ccccc2C(N)=O)s1)c1csc(-c2ccc(OC(F)(F)F)cc2)c1O. The number of ketones is 2. The Labute approximate surface area is 240 Å². The minimum Gasteiger partial charge on any atom is -0.506 e. The average molecular weight is 601 g/mol. The van der Waals surface area contributed by atoms with Crippen LogP contribution in [0.15, 0.2) is 71.0 Å². The van der Waals surface area contributed by atoms with Gasteiger partial charge in [0.05, 0.1) is 14.6 Å². The third-order valence-corrected chi connectivity index (χ3v) is 8.21. The molecule has 4 rings (SSSR count). The van der Waals surface area contributed by atoms with Crippen LogP contribution >= 0.6 is 22.7 Å². The standard InChI is InChI=1S/C29H23F3N2O5S2/c1-16(21-15-40-27(26(21)37)18-6-9-19(10-7-18)39-29(30,31)32)34-14-23(36)25-13-12-24(41-25)22(35)11-8-17-4-2-3-5-20(17)28(33)38/h2-7,9-10,12-13,15,37H,8,11,14H2,1H3,(H2,33,38). The van der Waals surface area contributed by atoms with Crippen LogP contribution in [0.2, 0.25) is 0 Å². The molecular formula is C29H23F3N2O5S2. The Kier molecular flexibility index (Phi) is 9.04. The van der Waals surface area contributed by atoms with Crippen LogP contribution in [0.1, 0.15) is 54.2 Å². The number of ether oxygens (including phenoxy) is 1. The predicted octanol–water partition coefficient (Wildman–Crippen LogP) is 6.69. The average Bonchev–Trinajstić information content (AvgIpc) is 3.57. The second-order valence-corrected chi connectivity index (χ2v) is 10.8. The molecule has 0 atom stereocenters. The lowest BCUT2D eigenvalue weighted by atomic mass is 10.0. The molecule has 0 saturated heterocycles. The van der Waals surface area contributed by atoms with Crippen LogP contribution in [0.4, 0.5) is 13.2 Å². The van der Waals surface area contributed by atoms with Crippen LogP contribution in [0.25, 0.3) is 10.4 Å². The number of primary amides is 1. The van der Waals surface area contributed by atoms with E-state index in [4.69, 9.17) is 5.73 Å². The topological polar surface area (TPSA) is 119 Å². The van der Waals surface area contributed by atoms with Crippen molar-refractivity contribution < 1.29 is 37.4 Å². The zero-order valence-electron chi connectivity index (χ0n) is 21.5. The number of Topliss-reactive ketones (excluding diaryl/α,β-unsaturated/α-hetero) is 2. The van der Waals surface area contributed by atoms with Gasteiger partial charge in [0.2, 0.25) is 5.91 Å². The predicted molar refractivity (Wildman–Crippen MR) is 151 cm³/mol. The van der Waals surface area contributed by atoms with E-state index in [1.165, 1.54) is 23.5 Å². The van der Waals surface area contributed by atoms with Crippen molar-refractivity contribution in [2.24, 2.45) is 10.7 Å². The van der Waals surface area contributed by atoms with E-state index >= 15 is 0 Å². The first-order valence-corrected chi connectivity index (χ1v) is 13.8. The van der Waals surface area contributed by atoms with E-state index in [-0.39, 0.29) is 36.0 Å². The normalized spacial score (nSPS) is 11.9. The number of hydrogen-bond acceptors (Lipinski definition) is 8. The van der Waals surface area contributed by atoms with E-state index in [1.807, 2.05) is 0 Å². The molecule has 0 spiro atoms. The van der Waals surface area contributed by atoms with Gasteiger partial charge in [-0.15, -0.1) is 35.8 Å². The first kappa shape index (κ1) is 29.7. The number of halogens is 3. The largest absolute Gasteiger partial charge is 0.573 e. The first-order chi connectivity index (χ1) is 19.4. The van der Waals surface area contributed by atoms with Crippen molar-refractivity contribution in [3.05, 3.63) is 92.5 Å². The molecule has 0 aliphatic heterocycles. The second kappa shape index (κ2) is 12.5. The molecule has 2 aromatic heterocycles. The van der Waals surface area contributed by atoms with Gasteiger partial charge in [0.15, 0.2) is 11.6 Å². The molecule has 12 heteroatoms. The number of carbonyl (C=O) groups is 3. The van der Waals surface area contributed by atoms with Crippen LogP contribution in [0.5, 0.6) is 11.5 Å². The van der Waals surface area contributed by atoms with Crippen LogP contribution < -0.4 is 10.5 Å². The van der Waals surface area contributed by atoms with Gasteiger partial charge in [0, 0.05) is 28.6 Å². The molecule has 0 radical (unpaired) electrons. The highest BCUT2D eigenvalue weighted by Gasteiger charge is 2.31. The minimum absolute atomic E-state index is 0.102. The summed E-state index contributed by atoms with van der Waals surface area (Å²) in [5.41, 5.74) is 7.73. The molecule has 7 nitrogen and oxygen atoms in total. The Morgan fingerprint density at radius 3 is 2.27 bits per heavy atom. The number of alkyl halides is 3. The maximum absolute atomic E-state index is 12.7. The van der Waals surface area contributed by atoms with E-state index in [9.17, 15) is 32.7 Å². The number of nitrogens with zero attached hydrogens (tertiary/aromatic N) is 1. The smallest absolute Gasteiger partial charge is 0.506 e. The molecule has 1 amide bonds. The summed E-state index contributed by atoms with van der Waals surface area (Å²) in [6.07, 6.45) is -4.32. The van der Waals surface area contributed by atoms with Crippen molar-refractivity contribution in [3.8, 4) is 21.9 Å². The minimum atomic E-state index is -4.80. The lowest BCUT2D eigenvalue weighted by Crippen LogP contribution is -2.16. The summed E-state index contributed by atoms with van der Waals surface area (Å²) in [5.74, 6) is -1.51. The molecule has 4 aromatic rings. The molecule has 2 heterocycles. The van der Waals surface area contributed by atoms with Crippen molar-refractivity contribution in [1.29, 1.82) is 0 Å². The number of nitrogens with two attached hydrogens (primary N) is 1. The Morgan fingerprint density at radius 1 is 0.951 bits per heavy atom. The summed E-state index contributed by atoms with van der Waals surface area (Å²) in [6.45, 7) is 1.42. The summed E-state index contributed by atoms with van der Waals surface area (Å²) in [7, 11) is 0. The van der Waals surface area contributed by atoms with Crippen LogP contribution in [0, 0.1) is 0 Å². The highest BCUT2D eigenvalue weighted by molar-refractivity contribution is 7.16. The van der Waals surface area contributed by atoms with Crippen molar-refractivity contribution in [1.82, 2.24) is 0 Å². The maximum atomic E-state index is 12.7. The molecule has 0 unspecified atom stereocenters. The third-order valence-electron chi connectivity index (χ3n) is 6.02. The van der Waals surface area contributed by atoms with Crippen LogP contribution in [-0.2, 0) is 6.42 Å². The number of thiophene rings is 2. The molecule has 0 bridgehead atoms. The number of aromatic hydroxyl groups is 1. The number of aryl methyl sites for hydroxylation is 1. The number of carbonyl (C=O) groups excluding carboxylic acids is 3. The van der Waals surface area contributed by atoms with Crippen molar-refractivity contribution in [3.63, 3.8) is 0 Å². The van der Waals surface area contributed by atoms with Gasteiger partial charge in [-0.25, -0.2) is 0 Å². The van der Waals surface area contributed by atoms with Gasteiger partial charge < -0.3 is 15.6 Å². The molecular weight excluding hydrogens is 577 g/mol. The van der Waals surface area contributed by atoms with E-state index in [1.54, 1.807) is 48.7 Å². The zero-order chi connectivity index (χ0) is 29.7. The number of rotatable bonds is 11. The summed E-state index contributed by atoms with van der Waals surface area (Å²) in [6, 6.07) is 15.1. The number of amides is 1. The van der Waals surface area contributed by atoms with Crippen molar-refractivity contribution in [2.75, 3.05) is 6.54 Å². The fourth-order valence-corrected chi connectivity index (χ4v) is 5.88. The molecule has 212 valence electrons. The molecule has 0 saturated carbocycles. The third kappa shape index (κ3) is 7.47. The Hall–Kier alpha value is -4.29. The summed E-state index contributed by atoms with van der Waals surface area (Å²) < 4.78 is 41.1. The van der Waals surface area contributed by atoms with E-state index in [2.05, 4.69) is 9.73 Å². The highest BCUT2D eigenvalue weighted by atomic mass is 32.1. The lowest BCUT2D eigenvalue weighted by Gasteiger charge is -2.09. The maximum Gasteiger partial charge on any atom is 0.573 e. The van der Waals surface area contributed by atoms with E-state index in [0.717, 1.165) is 23.5 Å². The van der Waals surface area contributed by atoms with Crippen LogP contribution in [0.3, 0.4) is 0 Å². The Bertz CT molecular complexity index is 1620. The van der Waals surface area contributed by atoms with Gasteiger partial charge in [-0.05, 0) is 66.9 Å². The van der Waals surface area contributed by atoms with Crippen LogP contribution in [-0.4, -0.2) is 41.2 Å². The summed E-state index contributed by atoms with van der Waals surface area (Å²) in [5, 5.41) is 12.4. The Balaban J connectivity index is 1.38. The summed E-state index contributed by atoms with van der Waals surface area (Å²) in [4.78, 5) is 42.5. The van der Waals surface area contributed by atoms with Crippen molar-refractivity contribution in [2.45, 2.75) is 26.1 Å². The molecule has 0 aliphatic rings. The van der Waals surface area contributed by atoms with Gasteiger partial charge in [0.25, 0.3) is 0 Å². The lowest BCUT2D eigenvalue weighted by molar-refractivity contribution is -0.274. The monoisotopic (exact) mass is 600 g/mol. The molecule has 0 aliphatic carbocycles. The first-order valence-electron chi connectivity index (χ1n) is 12.1. The summed E-state index contributed by atoms with van der Waals surface area (Å²) >= 11 is 2.24. The van der Waals surface area contributed by atoms with Gasteiger partial charge in [-0.1, -0.05) is 18.2 Å². The van der Waals surface area contributed by atoms with Gasteiger partial charge in [-0.3, -0.25) is 19.4 Å². The number of aliphatic imine (C=N–C) groups is 1. The Morgan fingerprint density at radius 2 is 1.61 bits per heavy atom. The molecule has 0 fully saturated rings. The highest BCUT2D eigenvalue weighted by Crippen LogP contribution is 2.39. The molecule has 41 heavy (non-hydrogen) atoms. The van der Waals surface area contributed by atoms with Crippen molar-refractivity contribution >= 4 is 45.9 Å².